The zero-order chi connectivity index (χ0) is 12.8. The lowest BCUT2D eigenvalue weighted by atomic mass is 9.91. The van der Waals surface area contributed by atoms with E-state index in [1.54, 1.807) is 0 Å². The van der Waals surface area contributed by atoms with Crippen LogP contribution in [0.4, 0.5) is 8.78 Å². The second-order valence-electron chi connectivity index (χ2n) is 5.11. The minimum Gasteiger partial charge on any atom is -0.358 e. The summed E-state index contributed by atoms with van der Waals surface area (Å²) in [6.45, 7) is 5.80. The number of aromatic amines is 1. The summed E-state index contributed by atoms with van der Waals surface area (Å²) < 4.78 is 26.1. The van der Waals surface area contributed by atoms with Gasteiger partial charge in [0.2, 0.25) is 0 Å². The molecule has 2 aromatic rings. The van der Waals surface area contributed by atoms with Gasteiger partial charge in [-0.2, -0.15) is 0 Å². The molecule has 0 saturated carbocycles. The van der Waals surface area contributed by atoms with E-state index in [0.717, 1.165) is 12.1 Å². The Morgan fingerprint density at radius 3 is 2.24 bits per heavy atom. The predicted molar refractivity (Wildman–Crippen MR) is 63.2 cm³/mol. The van der Waals surface area contributed by atoms with Gasteiger partial charge >= 0.3 is 0 Å². The molecule has 1 aromatic heterocycles. The topological polar surface area (TPSA) is 32.9 Å². The number of benzene rings is 1. The molecule has 1 aromatic carbocycles. The quantitative estimate of drug-likeness (QED) is 0.750. The minimum atomic E-state index is -1.01. The van der Waals surface area contributed by atoms with Crippen molar-refractivity contribution in [2.24, 2.45) is 0 Å². The van der Waals surface area contributed by atoms with Gasteiger partial charge in [0.15, 0.2) is 17.1 Å². The molecule has 0 fully saturated rings. The monoisotopic (exact) mass is 237 g/mol. The van der Waals surface area contributed by atoms with Crippen molar-refractivity contribution in [2.75, 3.05) is 0 Å². The van der Waals surface area contributed by atoms with Crippen LogP contribution in [0.15, 0.2) is 23.0 Å². The summed E-state index contributed by atoms with van der Waals surface area (Å²) in [5.74, 6) is -1.97. The third-order valence-corrected chi connectivity index (χ3v) is 2.68. The highest BCUT2D eigenvalue weighted by atomic mass is 19.2. The number of pyridine rings is 1. The molecule has 2 nitrogen and oxygen atoms in total. The summed E-state index contributed by atoms with van der Waals surface area (Å²) >= 11 is 0. The molecule has 0 amide bonds. The zero-order valence-electron chi connectivity index (χ0n) is 9.90. The molecule has 1 N–H and O–H groups in total. The summed E-state index contributed by atoms with van der Waals surface area (Å²) in [6, 6.07) is 3.37. The van der Waals surface area contributed by atoms with E-state index in [-0.39, 0.29) is 16.2 Å². The van der Waals surface area contributed by atoms with Crippen molar-refractivity contribution < 1.29 is 8.78 Å². The highest BCUT2D eigenvalue weighted by Crippen LogP contribution is 2.21. The van der Waals surface area contributed by atoms with E-state index >= 15 is 0 Å². The fourth-order valence-electron chi connectivity index (χ4n) is 1.65. The number of H-pyrrole nitrogens is 1. The molecule has 4 heteroatoms. The van der Waals surface area contributed by atoms with Crippen LogP contribution < -0.4 is 5.43 Å². The van der Waals surface area contributed by atoms with Crippen molar-refractivity contribution in [3.8, 4) is 0 Å². The van der Waals surface area contributed by atoms with Crippen LogP contribution >= 0.6 is 0 Å². The fraction of sp³-hybridized carbons (Fsp3) is 0.308. The molecule has 2 rings (SSSR count). The smallest absolute Gasteiger partial charge is 0.189 e. The van der Waals surface area contributed by atoms with Crippen molar-refractivity contribution in [3.63, 3.8) is 0 Å². The molecule has 0 atom stereocenters. The van der Waals surface area contributed by atoms with Crippen molar-refractivity contribution in [3.05, 3.63) is 45.8 Å². The van der Waals surface area contributed by atoms with Gasteiger partial charge in [-0.3, -0.25) is 4.79 Å². The van der Waals surface area contributed by atoms with E-state index in [9.17, 15) is 13.6 Å². The van der Waals surface area contributed by atoms with Crippen LogP contribution in [0.25, 0.3) is 10.9 Å². The van der Waals surface area contributed by atoms with E-state index in [1.807, 2.05) is 20.8 Å². The maximum absolute atomic E-state index is 13.1. The van der Waals surface area contributed by atoms with Gasteiger partial charge in [0, 0.05) is 28.6 Å². The average molecular weight is 237 g/mol. The van der Waals surface area contributed by atoms with Crippen molar-refractivity contribution in [1.29, 1.82) is 0 Å². The van der Waals surface area contributed by atoms with Gasteiger partial charge < -0.3 is 4.98 Å². The van der Waals surface area contributed by atoms with Crippen LogP contribution in [-0.2, 0) is 5.41 Å². The van der Waals surface area contributed by atoms with Crippen LogP contribution in [-0.4, -0.2) is 4.98 Å². The summed E-state index contributed by atoms with van der Waals surface area (Å²) in [4.78, 5) is 14.8. The highest BCUT2D eigenvalue weighted by molar-refractivity contribution is 5.78. The number of rotatable bonds is 0. The SMILES string of the molecule is CC(C)(C)c1cc(=O)c2cc(F)c(F)cc2[nH]1. The third-order valence-electron chi connectivity index (χ3n) is 2.68. The second-order valence-corrected chi connectivity index (χ2v) is 5.11. The number of aromatic nitrogens is 1. The van der Waals surface area contributed by atoms with Gasteiger partial charge in [-0.15, -0.1) is 0 Å². The molecule has 17 heavy (non-hydrogen) atoms. The number of nitrogens with one attached hydrogen (secondary N) is 1. The van der Waals surface area contributed by atoms with Gasteiger partial charge in [0.25, 0.3) is 0 Å². The van der Waals surface area contributed by atoms with Gasteiger partial charge in [0.05, 0.1) is 5.52 Å². The van der Waals surface area contributed by atoms with Crippen LogP contribution in [0.3, 0.4) is 0 Å². The summed E-state index contributed by atoms with van der Waals surface area (Å²) in [6.07, 6.45) is 0. The first-order chi connectivity index (χ1) is 7.79. The molecule has 1 heterocycles. The molecular weight excluding hydrogens is 224 g/mol. The maximum Gasteiger partial charge on any atom is 0.189 e. The normalized spacial score (nSPS) is 12.1. The molecule has 0 saturated heterocycles. The fourth-order valence-corrected chi connectivity index (χ4v) is 1.65. The van der Waals surface area contributed by atoms with Crippen LogP contribution in [0, 0.1) is 11.6 Å². The van der Waals surface area contributed by atoms with Crippen molar-refractivity contribution in [2.45, 2.75) is 26.2 Å². The number of halogens is 2. The minimum absolute atomic E-state index is 0.164. The Morgan fingerprint density at radius 2 is 1.65 bits per heavy atom. The highest BCUT2D eigenvalue weighted by Gasteiger charge is 2.17. The van der Waals surface area contributed by atoms with E-state index in [0.29, 0.717) is 11.2 Å². The second kappa shape index (κ2) is 3.65. The first-order valence-electron chi connectivity index (χ1n) is 5.31. The lowest BCUT2D eigenvalue weighted by Crippen LogP contribution is -2.17. The first kappa shape index (κ1) is 11.8. The Morgan fingerprint density at radius 1 is 1.06 bits per heavy atom. The molecule has 0 aliphatic carbocycles. The van der Waals surface area contributed by atoms with Gasteiger partial charge in [-0.25, -0.2) is 8.78 Å². The van der Waals surface area contributed by atoms with Crippen molar-refractivity contribution in [1.82, 2.24) is 4.98 Å². The van der Waals surface area contributed by atoms with Crippen LogP contribution in [0.1, 0.15) is 26.5 Å². The Labute approximate surface area is 97.3 Å². The Hall–Kier alpha value is -1.71. The Balaban J connectivity index is 2.83. The largest absolute Gasteiger partial charge is 0.358 e. The summed E-state index contributed by atoms with van der Waals surface area (Å²) in [7, 11) is 0. The third kappa shape index (κ3) is 2.07. The molecule has 0 spiro atoms. The molecule has 0 aliphatic heterocycles. The standard InChI is InChI=1S/C13H13F2NO/c1-13(2,3)12-6-11(17)7-4-8(14)9(15)5-10(7)16-12/h4-6H,1-3H3,(H,16,17). The molecular formula is C13H13F2NO. The molecule has 0 unspecified atom stereocenters. The summed E-state index contributed by atoms with van der Waals surface area (Å²) in [5, 5.41) is 0.164. The number of hydrogen-bond acceptors (Lipinski definition) is 1. The average Bonchev–Trinajstić information content (AvgIpc) is 2.19. The summed E-state index contributed by atoms with van der Waals surface area (Å²) in [5.41, 5.74) is 0.461. The first-order valence-corrected chi connectivity index (χ1v) is 5.31. The van der Waals surface area contributed by atoms with E-state index < -0.39 is 11.6 Å². The number of hydrogen-bond donors (Lipinski definition) is 1. The van der Waals surface area contributed by atoms with E-state index in [2.05, 4.69) is 4.98 Å². The molecule has 90 valence electrons. The van der Waals surface area contributed by atoms with Crippen LogP contribution in [0.5, 0.6) is 0 Å². The lowest BCUT2D eigenvalue weighted by molar-refractivity contribution is 0.510. The Bertz CT molecular complexity index is 638. The van der Waals surface area contributed by atoms with E-state index in [4.69, 9.17) is 0 Å². The predicted octanol–water partition coefficient (Wildman–Crippen LogP) is 3.10. The zero-order valence-corrected chi connectivity index (χ0v) is 9.90. The van der Waals surface area contributed by atoms with Crippen LogP contribution in [0.2, 0.25) is 0 Å². The van der Waals surface area contributed by atoms with E-state index in [1.165, 1.54) is 6.07 Å². The number of fused-ring (bicyclic) bond motifs is 1. The lowest BCUT2D eigenvalue weighted by Gasteiger charge is -2.19. The van der Waals surface area contributed by atoms with Crippen molar-refractivity contribution >= 4 is 10.9 Å². The van der Waals surface area contributed by atoms with Gasteiger partial charge in [-0.1, -0.05) is 20.8 Å². The molecule has 0 aliphatic rings. The molecule has 0 bridgehead atoms. The molecule has 0 radical (unpaired) electrons. The maximum atomic E-state index is 13.1. The van der Waals surface area contributed by atoms with Gasteiger partial charge in [0.1, 0.15) is 0 Å². The Kier molecular flexibility index (Phi) is 2.53. The van der Waals surface area contributed by atoms with Gasteiger partial charge in [-0.05, 0) is 6.07 Å².